The number of phenols is 1. The molecule has 2 aliphatic heterocycles. The Labute approximate surface area is 159 Å². The lowest BCUT2D eigenvalue weighted by atomic mass is 10.1. The van der Waals surface area contributed by atoms with Crippen molar-refractivity contribution >= 4 is 17.7 Å². The van der Waals surface area contributed by atoms with Crippen LogP contribution < -0.4 is 10.1 Å². The van der Waals surface area contributed by atoms with Gasteiger partial charge in [-0.1, -0.05) is 0 Å². The number of aromatic hydroxyl groups is 1. The fourth-order valence-electron chi connectivity index (χ4n) is 3.98. The van der Waals surface area contributed by atoms with Crippen LogP contribution in [-0.2, 0) is 27.2 Å². The average Bonchev–Trinajstić information content (AvgIpc) is 3.25. The van der Waals surface area contributed by atoms with Crippen LogP contribution >= 0.6 is 0 Å². The lowest BCUT2D eigenvalue weighted by Crippen LogP contribution is -2.22. The van der Waals surface area contributed by atoms with E-state index in [4.69, 9.17) is 9.47 Å². The third kappa shape index (κ3) is 2.76. The van der Waals surface area contributed by atoms with Gasteiger partial charge >= 0.3 is 5.97 Å². The van der Waals surface area contributed by atoms with E-state index in [0.29, 0.717) is 23.4 Å². The van der Waals surface area contributed by atoms with Crippen LogP contribution in [0.4, 0.5) is 10.2 Å². The summed E-state index contributed by atoms with van der Waals surface area (Å²) in [5.74, 6) is -0.384. The molecule has 1 aliphatic carbocycles. The molecule has 1 amide bonds. The molecule has 2 N–H and O–H groups in total. The molecule has 3 aliphatic rings. The number of amides is 1. The molecule has 0 bridgehead atoms. The molecule has 7 nitrogen and oxygen atoms in total. The van der Waals surface area contributed by atoms with Crippen molar-refractivity contribution < 1.29 is 28.6 Å². The number of phenolic OH excluding ortho intramolecular Hbond substituents is 1. The molecule has 3 atom stereocenters. The van der Waals surface area contributed by atoms with Crippen molar-refractivity contribution in [2.24, 2.45) is 5.92 Å². The van der Waals surface area contributed by atoms with Crippen LogP contribution in [0, 0.1) is 11.7 Å². The van der Waals surface area contributed by atoms with Gasteiger partial charge in [0.1, 0.15) is 35.2 Å². The molecule has 3 heterocycles. The first-order valence-electron chi connectivity index (χ1n) is 9.15. The van der Waals surface area contributed by atoms with Crippen molar-refractivity contribution in [3.8, 4) is 11.5 Å². The summed E-state index contributed by atoms with van der Waals surface area (Å²) in [6.07, 6.45) is 0.566. The van der Waals surface area contributed by atoms with Gasteiger partial charge in [0.05, 0.1) is 6.61 Å². The van der Waals surface area contributed by atoms with Gasteiger partial charge < -0.3 is 19.9 Å². The van der Waals surface area contributed by atoms with Gasteiger partial charge in [-0.15, -0.1) is 0 Å². The third-order valence-corrected chi connectivity index (χ3v) is 5.43. The van der Waals surface area contributed by atoms with Gasteiger partial charge in [0.25, 0.3) is 0 Å². The van der Waals surface area contributed by atoms with Gasteiger partial charge in [-0.2, -0.15) is 0 Å². The molecule has 0 spiro atoms. The van der Waals surface area contributed by atoms with Crippen molar-refractivity contribution in [2.45, 2.75) is 31.3 Å². The number of fused-ring (bicyclic) bond motifs is 4. The first-order chi connectivity index (χ1) is 13.5. The predicted octanol–water partition coefficient (Wildman–Crippen LogP) is 2.07. The Morgan fingerprint density at radius 1 is 1.36 bits per heavy atom. The van der Waals surface area contributed by atoms with Gasteiger partial charge in [0, 0.05) is 35.6 Å². The molecule has 1 aromatic heterocycles. The molecule has 144 valence electrons. The summed E-state index contributed by atoms with van der Waals surface area (Å²) in [5.41, 5.74) is 1.64. The number of ether oxygens (including phenoxy) is 2. The van der Waals surface area contributed by atoms with Crippen molar-refractivity contribution in [2.75, 3.05) is 11.9 Å². The van der Waals surface area contributed by atoms with Crippen LogP contribution in [-0.4, -0.2) is 34.7 Å². The Balaban J connectivity index is 1.20. The summed E-state index contributed by atoms with van der Waals surface area (Å²) in [6.45, 7) is 0.0564. The van der Waals surface area contributed by atoms with E-state index in [1.165, 1.54) is 6.07 Å². The van der Waals surface area contributed by atoms with Crippen LogP contribution in [0.3, 0.4) is 0 Å². The molecule has 1 fully saturated rings. The largest absolute Gasteiger partial charge is 0.508 e. The third-order valence-electron chi connectivity index (χ3n) is 5.43. The van der Waals surface area contributed by atoms with Crippen LogP contribution in [0.15, 0.2) is 24.3 Å². The second-order valence-corrected chi connectivity index (χ2v) is 7.24. The SMILES string of the molecule is O=C1CCc2c(F)cc(CCOC(=O)C3C4Oc5ccc(O)cc5C43)nc2N1. The van der Waals surface area contributed by atoms with Crippen LogP contribution in [0.5, 0.6) is 11.5 Å². The number of carbonyl (C=O) groups excluding carboxylic acids is 2. The highest BCUT2D eigenvalue weighted by atomic mass is 19.1. The van der Waals surface area contributed by atoms with Crippen LogP contribution in [0.25, 0.3) is 0 Å². The highest BCUT2D eigenvalue weighted by Crippen LogP contribution is 2.59. The average molecular weight is 384 g/mol. The fourth-order valence-corrected chi connectivity index (χ4v) is 3.98. The molecule has 28 heavy (non-hydrogen) atoms. The minimum absolute atomic E-state index is 0.0564. The number of anilines is 1. The lowest BCUT2D eigenvalue weighted by molar-refractivity contribution is -0.146. The van der Waals surface area contributed by atoms with E-state index in [9.17, 15) is 19.1 Å². The van der Waals surface area contributed by atoms with E-state index in [1.807, 2.05) is 0 Å². The maximum Gasteiger partial charge on any atom is 0.313 e. The molecule has 2 aromatic rings. The molecule has 1 aromatic carbocycles. The number of carbonyl (C=O) groups is 2. The number of halogens is 1. The maximum atomic E-state index is 14.2. The minimum Gasteiger partial charge on any atom is -0.508 e. The van der Waals surface area contributed by atoms with E-state index in [-0.39, 0.29) is 60.8 Å². The Kier molecular flexibility index (Phi) is 3.75. The molecular formula is C20H17FN2O5. The van der Waals surface area contributed by atoms with Crippen LogP contribution in [0.2, 0.25) is 0 Å². The molecule has 1 saturated carbocycles. The van der Waals surface area contributed by atoms with E-state index in [2.05, 4.69) is 10.3 Å². The topological polar surface area (TPSA) is 97.8 Å². The van der Waals surface area contributed by atoms with Gasteiger partial charge in [0.2, 0.25) is 5.91 Å². The Hall–Kier alpha value is -3.16. The molecule has 0 saturated heterocycles. The Morgan fingerprint density at radius 2 is 2.21 bits per heavy atom. The van der Waals surface area contributed by atoms with Gasteiger partial charge in [-0.25, -0.2) is 9.37 Å². The molecule has 8 heteroatoms. The smallest absolute Gasteiger partial charge is 0.313 e. The quantitative estimate of drug-likeness (QED) is 0.784. The zero-order valence-corrected chi connectivity index (χ0v) is 14.8. The molecule has 0 radical (unpaired) electrons. The predicted molar refractivity (Wildman–Crippen MR) is 94.6 cm³/mol. The number of aromatic nitrogens is 1. The number of hydrogen-bond donors (Lipinski definition) is 2. The zero-order chi connectivity index (χ0) is 19.4. The van der Waals surface area contributed by atoms with Crippen molar-refractivity contribution in [3.05, 3.63) is 46.9 Å². The summed E-state index contributed by atoms with van der Waals surface area (Å²) >= 11 is 0. The summed E-state index contributed by atoms with van der Waals surface area (Å²) < 4.78 is 25.2. The normalized spacial score (nSPS) is 23.8. The van der Waals surface area contributed by atoms with Crippen molar-refractivity contribution in [1.29, 1.82) is 0 Å². The second-order valence-electron chi connectivity index (χ2n) is 7.24. The number of nitrogens with zero attached hydrogens (tertiary/aromatic N) is 1. The summed E-state index contributed by atoms with van der Waals surface area (Å²) in [7, 11) is 0. The molecule has 3 unspecified atom stereocenters. The number of rotatable bonds is 4. The highest BCUT2D eigenvalue weighted by Gasteiger charge is 2.63. The number of hydrogen-bond acceptors (Lipinski definition) is 6. The lowest BCUT2D eigenvalue weighted by Gasteiger charge is -2.17. The highest BCUT2D eigenvalue weighted by molar-refractivity contribution is 5.92. The number of pyridine rings is 1. The number of nitrogens with one attached hydrogen (secondary N) is 1. The monoisotopic (exact) mass is 384 g/mol. The van der Waals surface area contributed by atoms with E-state index >= 15 is 0 Å². The Bertz CT molecular complexity index is 1010. The van der Waals surface area contributed by atoms with Gasteiger partial charge in [-0.3, -0.25) is 9.59 Å². The van der Waals surface area contributed by atoms with Gasteiger partial charge in [0.15, 0.2) is 0 Å². The maximum absolute atomic E-state index is 14.2. The summed E-state index contributed by atoms with van der Waals surface area (Å²) in [6, 6.07) is 6.16. The molecule has 5 rings (SSSR count). The number of benzene rings is 1. The Morgan fingerprint density at radius 3 is 3.07 bits per heavy atom. The minimum atomic E-state index is -0.409. The standard InChI is InChI=1S/C20H17FN2O5/c21-13-7-9(22-19-11(13)2-4-15(25)23-19)5-6-27-20(26)17-16-12-8-10(24)1-3-14(12)28-18(16)17/h1,3,7-8,16-18,24H,2,4-6H2,(H,22,23,25). The zero-order valence-electron chi connectivity index (χ0n) is 14.8. The second kappa shape index (κ2) is 6.19. The molecular weight excluding hydrogens is 367 g/mol. The first kappa shape index (κ1) is 17.0. The summed E-state index contributed by atoms with van der Waals surface area (Å²) in [5, 5.41) is 12.2. The van der Waals surface area contributed by atoms with Crippen LogP contribution in [0.1, 0.15) is 29.2 Å². The van der Waals surface area contributed by atoms with Crippen molar-refractivity contribution in [3.63, 3.8) is 0 Å². The summed E-state index contributed by atoms with van der Waals surface area (Å²) in [4.78, 5) is 28.1. The fraction of sp³-hybridized carbons (Fsp3) is 0.350. The van der Waals surface area contributed by atoms with Gasteiger partial charge in [-0.05, 0) is 30.7 Å². The van der Waals surface area contributed by atoms with Crippen molar-refractivity contribution in [1.82, 2.24) is 4.98 Å². The van der Waals surface area contributed by atoms with E-state index in [1.54, 1.807) is 18.2 Å². The number of esters is 1. The first-order valence-corrected chi connectivity index (χ1v) is 9.15. The van der Waals surface area contributed by atoms with E-state index < -0.39 is 5.82 Å². The van der Waals surface area contributed by atoms with E-state index in [0.717, 1.165) is 5.56 Å².